The van der Waals surface area contributed by atoms with E-state index in [2.05, 4.69) is 183 Å². The Kier molecular flexibility index (Phi) is 23.5. The van der Waals surface area contributed by atoms with Crippen molar-refractivity contribution in [1.29, 1.82) is 0 Å². The number of halogens is 5. The van der Waals surface area contributed by atoms with Crippen LogP contribution in [0.4, 0.5) is 17.1 Å². The van der Waals surface area contributed by atoms with Gasteiger partial charge in [0, 0.05) is 125 Å². The van der Waals surface area contributed by atoms with Crippen LogP contribution in [0.2, 0.25) is 0 Å². The molecule has 9 rings (SSSR count). The second-order valence-electron chi connectivity index (χ2n) is 17.2. The molecule has 18 heteroatoms. The van der Waals surface area contributed by atoms with E-state index in [-0.39, 0.29) is 29.4 Å². The molecule has 5 aromatic rings. The molecule has 0 amide bonds. The summed E-state index contributed by atoms with van der Waals surface area (Å²) >= 11 is 13.2. The number of carbonyl (C=O) groups is 3. The molecule has 0 saturated carbocycles. The van der Waals surface area contributed by atoms with Gasteiger partial charge in [0.05, 0.1) is 37.5 Å². The van der Waals surface area contributed by atoms with Crippen molar-refractivity contribution in [3.05, 3.63) is 151 Å². The van der Waals surface area contributed by atoms with Crippen LogP contribution in [0.25, 0.3) is 33.4 Å². The van der Waals surface area contributed by atoms with Crippen LogP contribution in [0.3, 0.4) is 0 Å². The highest BCUT2D eigenvalue weighted by molar-refractivity contribution is 9.93. The van der Waals surface area contributed by atoms with E-state index in [4.69, 9.17) is 23.8 Å². The molecule has 4 N–H and O–H groups in total. The van der Waals surface area contributed by atoms with E-state index < -0.39 is 17.5 Å². The Hall–Kier alpha value is -5.43. The van der Waals surface area contributed by atoms with Gasteiger partial charge in [0.25, 0.3) is 5.97 Å². The first-order chi connectivity index (χ1) is 35.7. The molecule has 406 valence electrons. The molecule has 0 atom stereocenters. The van der Waals surface area contributed by atoms with E-state index in [0.29, 0.717) is 22.6 Å². The number of ether oxygens (including phenoxy) is 2. The summed E-state index contributed by atoms with van der Waals surface area (Å²) in [6.07, 6.45) is 0. The van der Waals surface area contributed by atoms with Crippen LogP contribution >= 0.6 is 60.1 Å². The Morgan fingerprint density at radius 1 is 0.618 bits per heavy atom. The number of carboxylic acids is 2. The number of fused-ring (bicyclic) bond motifs is 8. The number of aromatic carboxylic acids is 1. The quantitative estimate of drug-likeness (QED) is 0.0641. The molecule has 0 bridgehead atoms. The molecule has 3 aliphatic heterocycles. The fraction of sp³-hybridized carbons (Fsp3) is 0.310. The Morgan fingerprint density at radius 3 is 1.62 bits per heavy atom. The summed E-state index contributed by atoms with van der Waals surface area (Å²) in [5.41, 5.74) is 8.65. The molecule has 4 aliphatic rings. The van der Waals surface area contributed by atoms with Crippen molar-refractivity contribution in [2.24, 2.45) is 0 Å². The van der Waals surface area contributed by atoms with Gasteiger partial charge in [-0.25, -0.2) is 14.2 Å². The Balaban J connectivity index is 0.000000291. The predicted molar refractivity (Wildman–Crippen MR) is 317 cm³/mol. The molecule has 76 heavy (non-hydrogen) atoms. The number of benzene rings is 6. The lowest BCUT2D eigenvalue weighted by Crippen LogP contribution is -3.00. The SMILES string of the molecule is BrBr.CC(=O)O.CCN(CC)c1ccc2c(-c3ccccc3C(=O)O)c3ccc(=[N+](CC)CC)cc-3oc2c1.CCN(CC)c1ccc2c(c1Br)Oc1c(ccc(N(CC)CC)c1Br)C21OC(=O)c2ccccc21.O.[Cl-]. The minimum absolute atomic E-state index is 0. The van der Waals surface area contributed by atoms with Gasteiger partial charge in [-0.15, -0.1) is 0 Å². The number of anilines is 3. The molecule has 5 aromatic carbocycles. The first-order valence-electron chi connectivity index (χ1n) is 24.8. The van der Waals surface area contributed by atoms with Crippen molar-refractivity contribution in [2.45, 2.75) is 67.9 Å². The topological polar surface area (TPSA) is 168 Å². The van der Waals surface area contributed by atoms with Crippen LogP contribution < -0.4 is 41.8 Å². The molecular weight excluding hydrogens is 1250 g/mol. The van der Waals surface area contributed by atoms with Crippen molar-refractivity contribution < 1.29 is 56.4 Å². The maximum Gasteiger partial charge on any atom is 0.340 e. The molecule has 3 heterocycles. The highest BCUT2D eigenvalue weighted by Gasteiger charge is 2.54. The molecule has 1 aliphatic carbocycles. The van der Waals surface area contributed by atoms with Gasteiger partial charge in [0.15, 0.2) is 17.1 Å². The van der Waals surface area contributed by atoms with Crippen molar-refractivity contribution in [1.82, 2.24) is 4.58 Å². The van der Waals surface area contributed by atoms with E-state index in [9.17, 15) is 14.7 Å². The maximum absolute atomic E-state index is 13.2. The van der Waals surface area contributed by atoms with E-state index in [1.807, 2.05) is 48.5 Å². The molecule has 1 spiro atoms. The lowest BCUT2D eigenvalue weighted by atomic mass is 9.77. The minimum atomic E-state index is -1.09. The molecule has 0 radical (unpaired) electrons. The highest BCUT2D eigenvalue weighted by atomic mass is 80.9. The number of nitrogens with zero attached hydrogens (tertiary/aromatic N) is 4. The summed E-state index contributed by atoms with van der Waals surface area (Å²) in [5.74, 6) is -0.00844. The summed E-state index contributed by atoms with van der Waals surface area (Å²) < 4.78 is 23.5. The van der Waals surface area contributed by atoms with E-state index in [1.54, 1.807) is 12.1 Å². The lowest BCUT2D eigenvalue weighted by molar-refractivity contribution is -0.134. The van der Waals surface area contributed by atoms with Gasteiger partial charge in [0.2, 0.25) is 5.36 Å². The zero-order valence-electron chi connectivity index (χ0n) is 44.1. The van der Waals surface area contributed by atoms with Gasteiger partial charge in [-0.3, -0.25) is 4.79 Å². The molecule has 0 aromatic heterocycles. The van der Waals surface area contributed by atoms with E-state index in [1.165, 1.54) is 0 Å². The van der Waals surface area contributed by atoms with Crippen LogP contribution in [0, 0.1) is 0 Å². The molecule has 13 nitrogen and oxygen atoms in total. The lowest BCUT2D eigenvalue weighted by Gasteiger charge is -2.39. The third kappa shape index (κ3) is 12.3. The average molecular weight is 1320 g/mol. The number of carboxylic acid groups (broad SMARTS) is 2. The number of hydrogen-bond donors (Lipinski definition) is 2. The zero-order valence-corrected chi connectivity index (χ0v) is 51.2. The number of hydrogen-bond acceptors (Lipinski definition) is 9. The van der Waals surface area contributed by atoms with Gasteiger partial charge >= 0.3 is 11.9 Å². The van der Waals surface area contributed by atoms with Crippen molar-refractivity contribution >= 4 is 106 Å². The van der Waals surface area contributed by atoms with Gasteiger partial charge < -0.3 is 56.7 Å². The van der Waals surface area contributed by atoms with Crippen LogP contribution in [0.5, 0.6) is 11.5 Å². The first-order valence-corrected chi connectivity index (χ1v) is 30.1. The summed E-state index contributed by atoms with van der Waals surface area (Å²) in [4.78, 5) is 41.0. The van der Waals surface area contributed by atoms with Crippen LogP contribution in [-0.4, -0.2) is 86.0 Å². The van der Waals surface area contributed by atoms with Gasteiger partial charge in [-0.1, -0.05) is 36.4 Å². The summed E-state index contributed by atoms with van der Waals surface area (Å²) in [7, 11) is 0. The third-order valence-electron chi connectivity index (χ3n) is 13.5. The number of rotatable bonds is 13. The number of aliphatic carboxylic acids is 1. The average Bonchev–Trinajstić information content (AvgIpc) is 3.72. The molecular formula is C58H65Br4ClN4O9. The number of carbonyl (C=O) groups excluding carboxylic acids is 1. The first kappa shape index (κ1) is 63.1. The maximum atomic E-state index is 13.2. The third-order valence-corrected chi connectivity index (χ3v) is 15.0. The van der Waals surface area contributed by atoms with Crippen LogP contribution in [-0.2, 0) is 15.1 Å². The second-order valence-corrected chi connectivity index (χ2v) is 18.8. The second kappa shape index (κ2) is 28.3. The van der Waals surface area contributed by atoms with Crippen LogP contribution in [0.1, 0.15) is 99.7 Å². The monoisotopic (exact) mass is 1310 g/mol. The van der Waals surface area contributed by atoms with Crippen molar-refractivity contribution in [3.63, 3.8) is 0 Å². The normalized spacial score (nSPS) is 12.0. The number of esters is 1. The van der Waals surface area contributed by atoms with Crippen molar-refractivity contribution in [3.8, 4) is 33.9 Å². The summed E-state index contributed by atoms with van der Waals surface area (Å²) in [6.45, 7) is 25.2. The molecule has 0 fully saturated rings. The minimum Gasteiger partial charge on any atom is -1.00 e. The van der Waals surface area contributed by atoms with Gasteiger partial charge in [0.1, 0.15) is 24.4 Å². The van der Waals surface area contributed by atoms with Gasteiger partial charge in [-0.2, -0.15) is 0 Å². The standard InChI is InChI=1S/C28H28Br2N2O3.C28H30N2O3.C2H4O2.Br2.ClH.H2O/c1-5-31(6-2)21-15-13-19-25(23(21)29)34-26-20(14-16-22(24(26)30)32(7-3)8-4)28(19)18-12-10-9-11-17(18)27(33)35-28;1-5-29(6-2)19-13-15-23-25(17-19)33-26-18-20(30(7-3)8-4)14-16-24(26)27(23)21-11-9-10-12-22(21)28(31)32;1-2(3)4;1-2;;/h9-16H,5-8H2,1-4H3;9-18H,5-8H2,1-4H3;1H3,(H,3,4);;1H;1H2. The van der Waals surface area contributed by atoms with Crippen LogP contribution in [0.15, 0.2) is 123 Å². The van der Waals surface area contributed by atoms with E-state index in [0.717, 1.165) is 135 Å². The van der Waals surface area contributed by atoms with E-state index >= 15 is 0 Å². The largest absolute Gasteiger partial charge is 1.00 e. The summed E-state index contributed by atoms with van der Waals surface area (Å²) in [6, 6.07) is 35.5. The Labute approximate surface area is 483 Å². The Bertz CT molecular complexity index is 3130. The highest BCUT2D eigenvalue weighted by Crippen LogP contribution is 2.61. The Morgan fingerprint density at radius 2 is 1.12 bits per heavy atom. The zero-order chi connectivity index (χ0) is 54.0. The summed E-state index contributed by atoms with van der Waals surface area (Å²) in [5, 5.41) is 19.3. The molecule has 0 saturated heterocycles. The molecule has 0 unspecified atom stereocenters. The fourth-order valence-electron chi connectivity index (χ4n) is 9.94. The predicted octanol–water partition coefficient (Wildman–Crippen LogP) is 11.0. The van der Waals surface area contributed by atoms with Crippen molar-refractivity contribution in [2.75, 3.05) is 67.1 Å². The smallest absolute Gasteiger partial charge is 0.340 e. The fourth-order valence-corrected chi connectivity index (χ4v) is 11.3. The van der Waals surface area contributed by atoms with Gasteiger partial charge in [-0.05, 0) is 147 Å².